The summed E-state index contributed by atoms with van der Waals surface area (Å²) < 4.78 is 0. The Morgan fingerprint density at radius 2 is 1.90 bits per heavy atom. The third-order valence-electron chi connectivity index (χ3n) is 5.35. The molecule has 2 aromatic rings. The zero-order valence-electron chi connectivity index (χ0n) is 17.8. The van der Waals surface area contributed by atoms with E-state index < -0.39 is 6.04 Å². The Balaban J connectivity index is 0.00000240. The van der Waals surface area contributed by atoms with Gasteiger partial charge in [0.25, 0.3) is 0 Å². The van der Waals surface area contributed by atoms with Gasteiger partial charge in [0.2, 0.25) is 11.8 Å². The molecule has 1 aliphatic rings. The van der Waals surface area contributed by atoms with Crippen molar-refractivity contribution >= 4 is 42.4 Å². The molecule has 3 atom stereocenters. The maximum absolute atomic E-state index is 12.6. The number of benzene rings is 1. The Morgan fingerprint density at radius 1 is 1.19 bits per heavy atom. The molecule has 1 aromatic heterocycles. The maximum atomic E-state index is 12.6. The first-order valence-electron chi connectivity index (χ1n) is 10.1. The molecule has 5 N–H and O–H groups in total. The summed E-state index contributed by atoms with van der Waals surface area (Å²) in [5.74, 6) is 0.404. The number of nitrogens with zero attached hydrogens (tertiary/aromatic N) is 1. The van der Waals surface area contributed by atoms with Crippen molar-refractivity contribution in [2.75, 3.05) is 12.3 Å². The molecule has 0 bridgehead atoms. The smallest absolute Gasteiger partial charge is 0.242 e. The van der Waals surface area contributed by atoms with Crippen molar-refractivity contribution < 1.29 is 9.59 Å². The molecule has 3 rings (SSSR count). The molecule has 2 unspecified atom stereocenters. The van der Waals surface area contributed by atoms with Gasteiger partial charge >= 0.3 is 0 Å². The number of amides is 2. The van der Waals surface area contributed by atoms with Crippen molar-refractivity contribution in [3.8, 4) is 0 Å². The third-order valence-corrected chi connectivity index (χ3v) is 5.35. The molecule has 0 radical (unpaired) electrons. The number of rotatable bonds is 7. The summed E-state index contributed by atoms with van der Waals surface area (Å²) in [5, 5.41) is 8.95. The first-order chi connectivity index (χ1) is 14.0. The molecule has 1 aromatic carbocycles. The van der Waals surface area contributed by atoms with Crippen molar-refractivity contribution in [2.45, 2.75) is 51.2 Å². The van der Waals surface area contributed by atoms with Gasteiger partial charge in [-0.3, -0.25) is 9.59 Å². The number of pyridine rings is 1. The molecule has 0 aliphatic carbocycles. The van der Waals surface area contributed by atoms with Gasteiger partial charge in [0, 0.05) is 18.8 Å². The van der Waals surface area contributed by atoms with E-state index in [1.165, 1.54) is 5.56 Å². The highest BCUT2D eigenvalue weighted by molar-refractivity contribution is 5.89. The van der Waals surface area contributed by atoms with Crippen LogP contribution in [0.15, 0.2) is 42.5 Å². The lowest BCUT2D eigenvalue weighted by molar-refractivity contribution is -0.129. The van der Waals surface area contributed by atoms with Crippen LogP contribution < -0.4 is 21.7 Å². The van der Waals surface area contributed by atoms with Gasteiger partial charge < -0.3 is 21.7 Å². The number of hydrogen-bond acceptors (Lipinski definition) is 5. The van der Waals surface area contributed by atoms with E-state index in [-0.39, 0.29) is 42.7 Å². The number of hydrogen-bond donors (Lipinski definition) is 4. The first kappa shape index (κ1) is 26.7. The minimum absolute atomic E-state index is 0. The standard InChI is InChI=1S/C22H29N5O2.2ClH/c1-3-18-16(9-10-20(23)27-18)12-25-21(28)14(2)26-22(29)19-11-17(13-24-19)15-7-5-4-6-8-15;;/h4-10,14,17,19,24H,3,11-13H2,1-2H3,(H2,23,27)(H,25,28)(H,26,29);2*1H/t14?,17?,19-;;/m1../s1. The molecule has 1 fully saturated rings. The number of aromatic nitrogens is 1. The van der Waals surface area contributed by atoms with Crippen LogP contribution in [0, 0.1) is 0 Å². The highest BCUT2D eigenvalue weighted by Gasteiger charge is 2.31. The second-order valence-corrected chi connectivity index (χ2v) is 7.45. The summed E-state index contributed by atoms with van der Waals surface area (Å²) >= 11 is 0. The quantitative estimate of drug-likeness (QED) is 0.499. The van der Waals surface area contributed by atoms with Crippen LogP contribution in [-0.4, -0.2) is 35.4 Å². The van der Waals surface area contributed by atoms with E-state index in [0.717, 1.165) is 30.6 Å². The molecular weight excluding hydrogens is 437 g/mol. The van der Waals surface area contributed by atoms with E-state index in [1.54, 1.807) is 13.0 Å². The van der Waals surface area contributed by atoms with Crippen LogP contribution in [0.2, 0.25) is 0 Å². The number of aryl methyl sites for hydroxylation is 1. The normalized spacial score (nSPS) is 18.3. The molecule has 170 valence electrons. The Bertz CT molecular complexity index is 866. The predicted octanol–water partition coefficient (Wildman–Crippen LogP) is 2.34. The molecule has 2 heterocycles. The van der Waals surface area contributed by atoms with E-state index in [4.69, 9.17) is 5.73 Å². The van der Waals surface area contributed by atoms with Crippen LogP contribution in [0.3, 0.4) is 0 Å². The van der Waals surface area contributed by atoms with Crippen LogP contribution in [-0.2, 0) is 22.6 Å². The van der Waals surface area contributed by atoms with E-state index in [2.05, 4.69) is 33.1 Å². The second-order valence-electron chi connectivity index (χ2n) is 7.45. The average molecular weight is 468 g/mol. The molecule has 7 nitrogen and oxygen atoms in total. The largest absolute Gasteiger partial charge is 0.384 e. The number of nitrogens with two attached hydrogens (primary N) is 1. The van der Waals surface area contributed by atoms with Crippen LogP contribution in [0.25, 0.3) is 0 Å². The Labute approximate surface area is 195 Å². The summed E-state index contributed by atoms with van der Waals surface area (Å²) in [4.78, 5) is 29.3. The topological polar surface area (TPSA) is 109 Å². The molecular formula is C22H31Cl2N5O2. The number of carbonyl (C=O) groups excluding carboxylic acids is 2. The Hall–Kier alpha value is -2.35. The van der Waals surface area contributed by atoms with Crippen molar-refractivity contribution in [1.29, 1.82) is 0 Å². The zero-order valence-corrected chi connectivity index (χ0v) is 19.4. The molecule has 1 saturated heterocycles. The van der Waals surface area contributed by atoms with Crippen LogP contribution >= 0.6 is 24.8 Å². The van der Waals surface area contributed by atoms with Gasteiger partial charge in [-0.1, -0.05) is 43.3 Å². The van der Waals surface area contributed by atoms with Crippen LogP contribution in [0.4, 0.5) is 5.82 Å². The van der Waals surface area contributed by atoms with E-state index in [9.17, 15) is 9.59 Å². The van der Waals surface area contributed by atoms with E-state index in [0.29, 0.717) is 18.3 Å². The second kappa shape index (κ2) is 12.5. The van der Waals surface area contributed by atoms with Gasteiger partial charge in [-0.05, 0) is 42.9 Å². The highest BCUT2D eigenvalue weighted by atomic mass is 35.5. The third kappa shape index (κ3) is 7.09. The number of anilines is 1. The monoisotopic (exact) mass is 467 g/mol. The summed E-state index contributed by atoms with van der Waals surface area (Å²) in [5.41, 5.74) is 8.74. The van der Waals surface area contributed by atoms with Gasteiger partial charge in [0.1, 0.15) is 11.9 Å². The van der Waals surface area contributed by atoms with Gasteiger partial charge in [0.05, 0.1) is 6.04 Å². The minimum atomic E-state index is -0.619. The Kier molecular flexibility index (Phi) is 10.8. The van der Waals surface area contributed by atoms with Gasteiger partial charge in [-0.2, -0.15) is 0 Å². The van der Waals surface area contributed by atoms with Gasteiger partial charge in [-0.25, -0.2) is 4.98 Å². The highest BCUT2D eigenvalue weighted by Crippen LogP contribution is 2.25. The number of nitrogen functional groups attached to an aromatic ring is 1. The molecule has 1 aliphatic heterocycles. The summed E-state index contributed by atoms with van der Waals surface area (Å²) in [6.07, 6.45) is 1.46. The number of halogens is 2. The lowest BCUT2D eigenvalue weighted by Gasteiger charge is -2.18. The minimum Gasteiger partial charge on any atom is -0.384 e. The van der Waals surface area contributed by atoms with E-state index >= 15 is 0 Å². The number of carbonyl (C=O) groups is 2. The zero-order chi connectivity index (χ0) is 20.8. The fraction of sp³-hybridized carbons (Fsp3) is 0.409. The molecule has 0 spiro atoms. The fourth-order valence-corrected chi connectivity index (χ4v) is 3.64. The Morgan fingerprint density at radius 3 is 2.58 bits per heavy atom. The van der Waals surface area contributed by atoms with Crippen LogP contribution in [0.5, 0.6) is 0 Å². The van der Waals surface area contributed by atoms with Crippen molar-refractivity contribution in [2.24, 2.45) is 0 Å². The molecule has 0 saturated carbocycles. The molecule has 31 heavy (non-hydrogen) atoms. The predicted molar refractivity (Wildman–Crippen MR) is 128 cm³/mol. The summed E-state index contributed by atoms with van der Waals surface area (Å²) in [6.45, 7) is 4.80. The van der Waals surface area contributed by atoms with Crippen molar-refractivity contribution in [3.05, 3.63) is 59.3 Å². The summed E-state index contributed by atoms with van der Waals surface area (Å²) in [7, 11) is 0. The fourth-order valence-electron chi connectivity index (χ4n) is 3.64. The first-order valence-corrected chi connectivity index (χ1v) is 10.1. The lowest BCUT2D eigenvalue weighted by Crippen LogP contribution is -2.50. The van der Waals surface area contributed by atoms with Gasteiger partial charge in [-0.15, -0.1) is 24.8 Å². The van der Waals surface area contributed by atoms with Crippen molar-refractivity contribution in [1.82, 2.24) is 20.9 Å². The molecule has 2 amide bonds. The molecule has 9 heteroatoms. The maximum Gasteiger partial charge on any atom is 0.242 e. The number of nitrogens with one attached hydrogen (secondary N) is 3. The van der Waals surface area contributed by atoms with Gasteiger partial charge in [0.15, 0.2) is 0 Å². The SMILES string of the molecule is CCc1nc(N)ccc1CNC(=O)C(C)NC(=O)[C@H]1CC(c2ccccc2)CN1.Cl.Cl. The van der Waals surface area contributed by atoms with Crippen molar-refractivity contribution in [3.63, 3.8) is 0 Å². The van der Waals surface area contributed by atoms with E-state index in [1.807, 2.05) is 31.2 Å². The summed E-state index contributed by atoms with van der Waals surface area (Å²) in [6, 6.07) is 12.9. The lowest BCUT2D eigenvalue weighted by atomic mass is 9.96. The van der Waals surface area contributed by atoms with Crippen LogP contribution in [0.1, 0.15) is 43.0 Å². The average Bonchev–Trinajstić information content (AvgIpc) is 3.23.